The molecule has 0 fully saturated rings. The van der Waals surface area contributed by atoms with Crippen molar-refractivity contribution >= 4 is 0 Å². The molecule has 0 saturated carbocycles. The maximum atomic E-state index is 14.8. The first kappa shape index (κ1) is 24.1. The predicted octanol–water partition coefficient (Wildman–Crippen LogP) is 8.93. The normalized spacial score (nSPS) is 10.9. The van der Waals surface area contributed by atoms with Gasteiger partial charge in [-0.2, -0.15) is 8.78 Å². The van der Waals surface area contributed by atoms with Crippen molar-refractivity contribution in [2.75, 3.05) is 0 Å². The van der Waals surface area contributed by atoms with Gasteiger partial charge in [0.1, 0.15) is 11.6 Å². The molecule has 33 heavy (non-hydrogen) atoms. The van der Waals surface area contributed by atoms with E-state index in [2.05, 4.69) is 0 Å². The zero-order valence-electron chi connectivity index (χ0n) is 19.2. The van der Waals surface area contributed by atoms with Crippen LogP contribution >= 0.6 is 0 Å². The predicted molar refractivity (Wildman–Crippen MR) is 129 cm³/mol. The largest absolute Gasteiger partial charge is 0.429 e. The molecule has 4 heteroatoms. The van der Waals surface area contributed by atoms with Gasteiger partial charge in [-0.3, -0.25) is 0 Å². The van der Waals surface area contributed by atoms with Gasteiger partial charge in [0.05, 0.1) is 5.56 Å². The van der Waals surface area contributed by atoms with Crippen LogP contribution in [0.4, 0.5) is 13.2 Å². The summed E-state index contributed by atoms with van der Waals surface area (Å²) in [7, 11) is 0. The summed E-state index contributed by atoms with van der Waals surface area (Å²) >= 11 is 0. The third kappa shape index (κ3) is 5.83. The Morgan fingerprint density at radius 3 is 1.64 bits per heavy atom. The quantitative estimate of drug-likeness (QED) is 0.296. The molecule has 0 saturated heterocycles. The van der Waals surface area contributed by atoms with Crippen molar-refractivity contribution < 1.29 is 17.9 Å². The molecule has 0 heterocycles. The Labute approximate surface area is 193 Å². The minimum Gasteiger partial charge on any atom is -0.429 e. The molecule has 0 radical (unpaired) electrons. The summed E-state index contributed by atoms with van der Waals surface area (Å²) in [5.41, 5.74) is 4.33. The van der Waals surface area contributed by atoms with E-state index >= 15 is 0 Å². The molecule has 0 spiro atoms. The number of ether oxygens (including phenoxy) is 1. The molecule has 0 aliphatic rings. The van der Waals surface area contributed by atoms with Crippen LogP contribution in [-0.2, 0) is 6.11 Å². The first-order valence-electron chi connectivity index (χ1n) is 10.9. The van der Waals surface area contributed by atoms with Crippen molar-refractivity contribution in [2.24, 2.45) is 0 Å². The zero-order chi connectivity index (χ0) is 24.0. The highest BCUT2D eigenvalue weighted by atomic mass is 19.3. The average molecular weight is 449 g/mol. The van der Waals surface area contributed by atoms with Crippen LogP contribution in [-0.4, -0.2) is 0 Å². The molecule has 4 rings (SSSR count). The molecule has 1 nitrogen and oxygen atoms in total. The van der Waals surface area contributed by atoms with E-state index in [1.165, 1.54) is 42.5 Å². The Bertz CT molecular complexity index is 1180. The zero-order valence-corrected chi connectivity index (χ0v) is 19.2. The highest BCUT2D eigenvalue weighted by Crippen LogP contribution is 2.34. The number of aryl methyl sites for hydroxylation is 2. The van der Waals surface area contributed by atoms with E-state index in [4.69, 9.17) is 4.74 Å². The van der Waals surface area contributed by atoms with E-state index in [1.807, 2.05) is 58.0 Å². The molecule has 0 aliphatic heterocycles. The van der Waals surface area contributed by atoms with Crippen LogP contribution in [0.15, 0.2) is 91.0 Å². The maximum absolute atomic E-state index is 14.8. The monoisotopic (exact) mass is 448 g/mol. The van der Waals surface area contributed by atoms with Gasteiger partial charge in [-0.25, -0.2) is 4.39 Å². The topological polar surface area (TPSA) is 9.23 Å². The van der Waals surface area contributed by atoms with Crippen molar-refractivity contribution in [3.8, 4) is 28.0 Å². The number of alkyl halides is 2. The molecule has 0 amide bonds. The molecule has 4 aromatic rings. The van der Waals surface area contributed by atoms with Crippen molar-refractivity contribution in [2.45, 2.75) is 33.8 Å². The van der Waals surface area contributed by atoms with E-state index in [0.717, 1.165) is 22.3 Å². The van der Waals surface area contributed by atoms with E-state index in [0.29, 0.717) is 11.1 Å². The fraction of sp³-hybridized carbons (Fsp3) is 0.172. The smallest absolute Gasteiger partial charge is 0.426 e. The summed E-state index contributed by atoms with van der Waals surface area (Å²) in [6.45, 7) is 7.86. The van der Waals surface area contributed by atoms with Gasteiger partial charge < -0.3 is 4.74 Å². The summed E-state index contributed by atoms with van der Waals surface area (Å²) in [4.78, 5) is 0. The van der Waals surface area contributed by atoms with Crippen LogP contribution < -0.4 is 4.74 Å². The third-order valence-electron chi connectivity index (χ3n) is 5.15. The molecular formula is C29H27F3O. The molecule has 0 bridgehead atoms. The summed E-state index contributed by atoms with van der Waals surface area (Å²) in [5.74, 6) is -0.328. The Kier molecular flexibility index (Phi) is 7.59. The summed E-state index contributed by atoms with van der Waals surface area (Å²) in [6, 6.07) is 24.7. The van der Waals surface area contributed by atoms with Crippen LogP contribution in [0.25, 0.3) is 22.3 Å². The molecule has 0 unspecified atom stereocenters. The Balaban J connectivity index is 0.00000149. The molecule has 0 N–H and O–H groups in total. The van der Waals surface area contributed by atoms with Crippen LogP contribution in [0.2, 0.25) is 0 Å². The maximum Gasteiger partial charge on any atom is 0.426 e. The van der Waals surface area contributed by atoms with Gasteiger partial charge in [0.2, 0.25) is 0 Å². The lowest BCUT2D eigenvalue weighted by Crippen LogP contribution is -2.21. The molecule has 4 aromatic carbocycles. The lowest BCUT2D eigenvalue weighted by molar-refractivity contribution is -0.185. The molecule has 170 valence electrons. The van der Waals surface area contributed by atoms with Crippen LogP contribution in [0, 0.1) is 19.7 Å². The van der Waals surface area contributed by atoms with E-state index in [1.54, 1.807) is 18.2 Å². The number of hydrogen-bond donors (Lipinski definition) is 0. The first-order valence-corrected chi connectivity index (χ1v) is 10.9. The second-order valence-electron chi connectivity index (χ2n) is 7.57. The van der Waals surface area contributed by atoms with Gasteiger partial charge in [-0.15, -0.1) is 0 Å². The number of halogens is 3. The van der Waals surface area contributed by atoms with E-state index in [9.17, 15) is 13.2 Å². The van der Waals surface area contributed by atoms with Crippen LogP contribution in [0.5, 0.6) is 5.75 Å². The van der Waals surface area contributed by atoms with Crippen LogP contribution in [0.3, 0.4) is 0 Å². The van der Waals surface area contributed by atoms with Gasteiger partial charge in [0.25, 0.3) is 0 Å². The van der Waals surface area contributed by atoms with Crippen molar-refractivity contribution in [3.05, 3.63) is 114 Å². The highest BCUT2D eigenvalue weighted by Gasteiger charge is 2.34. The first-order chi connectivity index (χ1) is 15.8. The number of rotatable bonds is 5. The minimum absolute atomic E-state index is 0.0809. The van der Waals surface area contributed by atoms with Crippen molar-refractivity contribution in [1.29, 1.82) is 0 Å². The molecule has 0 atom stereocenters. The fourth-order valence-electron chi connectivity index (χ4n) is 3.33. The lowest BCUT2D eigenvalue weighted by Gasteiger charge is -2.19. The number of hydrogen-bond acceptors (Lipinski definition) is 1. The van der Waals surface area contributed by atoms with Gasteiger partial charge in [-0.1, -0.05) is 85.6 Å². The second-order valence-corrected chi connectivity index (χ2v) is 7.57. The highest BCUT2D eigenvalue weighted by molar-refractivity contribution is 5.71. The summed E-state index contributed by atoms with van der Waals surface area (Å²) < 4.78 is 48.7. The number of benzene rings is 4. The second kappa shape index (κ2) is 10.4. The minimum atomic E-state index is -3.50. The SMILES string of the molecule is CC.Cc1ccc(OC(F)(F)c2ccc(-c3ccc(-c4ccc(C)cc4)cc3F)cc2)cc1. The van der Waals surface area contributed by atoms with Crippen molar-refractivity contribution in [1.82, 2.24) is 0 Å². The Morgan fingerprint density at radius 1 is 0.606 bits per heavy atom. The van der Waals surface area contributed by atoms with E-state index < -0.39 is 11.9 Å². The summed E-state index contributed by atoms with van der Waals surface area (Å²) in [5, 5.41) is 0. The van der Waals surface area contributed by atoms with Crippen molar-refractivity contribution in [3.63, 3.8) is 0 Å². The molecule has 0 aromatic heterocycles. The van der Waals surface area contributed by atoms with Gasteiger partial charge in [-0.05, 0) is 60.9 Å². The molecular weight excluding hydrogens is 421 g/mol. The summed E-state index contributed by atoms with van der Waals surface area (Å²) in [6.07, 6.45) is -3.50. The lowest BCUT2D eigenvalue weighted by atomic mass is 9.98. The van der Waals surface area contributed by atoms with Gasteiger partial charge in [0, 0.05) is 5.56 Å². The standard InChI is InChI=1S/C27H21F3O.C2H6/c1-18-3-7-20(8-4-18)22-11-16-25(26(28)17-22)21-9-12-23(13-10-21)27(29,30)31-24-14-5-19(2)6-15-24;1-2/h3-17H,1-2H3;1-2H3. The Hall–Kier alpha value is -3.53. The van der Waals surface area contributed by atoms with Gasteiger partial charge >= 0.3 is 6.11 Å². The molecule has 0 aliphatic carbocycles. The van der Waals surface area contributed by atoms with Crippen LogP contribution in [0.1, 0.15) is 30.5 Å². The Morgan fingerprint density at radius 2 is 1.09 bits per heavy atom. The van der Waals surface area contributed by atoms with E-state index in [-0.39, 0.29) is 11.3 Å². The van der Waals surface area contributed by atoms with Gasteiger partial charge in [0.15, 0.2) is 0 Å². The third-order valence-corrected chi connectivity index (χ3v) is 5.15. The average Bonchev–Trinajstić information content (AvgIpc) is 2.82. The fourth-order valence-corrected chi connectivity index (χ4v) is 3.33.